The van der Waals surface area contributed by atoms with Gasteiger partial charge in [-0.1, -0.05) is 49.6 Å². The van der Waals surface area contributed by atoms with E-state index in [-0.39, 0.29) is 5.78 Å². The van der Waals surface area contributed by atoms with Crippen molar-refractivity contribution in [2.75, 3.05) is 0 Å². The maximum absolute atomic E-state index is 12.9. The fourth-order valence-electron chi connectivity index (χ4n) is 3.87. The van der Waals surface area contributed by atoms with E-state index in [1.54, 1.807) is 30.3 Å². The molecule has 1 fully saturated rings. The van der Waals surface area contributed by atoms with Crippen molar-refractivity contribution >= 4 is 34.2 Å². The molecule has 1 N–H and O–H groups in total. The lowest BCUT2D eigenvalue weighted by Gasteiger charge is -2.30. The number of aliphatic hydroxyl groups is 1. The van der Waals surface area contributed by atoms with Crippen LogP contribution in [0, 0.1) is 0 Å². The highest BCUT2D eigenvalue weighted by Gasteiger charge is 2.37. The molecule has 0 unspecified atom stereocenters. The Morgan fingerprint density at radius 1 is 0.960 bits per heavy atom. The Balaban J connectivity index is 1.85. The third-order valence-corrected chi connectivity index (χ3v) is 5.28. The number of ketones is 3. The first-order valence-electron chi connectivity index (χ1n) is 8.60. The van der Waals surface area contributed by atoms with E-state index in [2.05, 4.69) is 0 Å². The Bertz CT molecular complexity index is 946. The minimum absolute atomic E-state index is 0.295. The fraction of sp³-hybridized carbons (Fsp3) is 0.286. The number of benzene rings is 2. The van der Waals surface area contributed by atoms with Crippen LogP contribution in [0.25, 0.3) is 16.8 Å². The van der Waals surface area contributed by atoms with Gasteiger partial charge in [-0.05, 0) is 41.3 Å². The van der Waals surface area contributed by atoms with Crippen molar-refractivity contribution in [3.63, 3.8) is 0 Å². The molecule has 1 saturated carbocycles. The average Bonchev–Trinajstić information content (AvgIpc) is 2.64. The van der Waals surface area contributed by atoms with Crippen LogP contribution in [-0.4, -0.2) is 28.1 Å². The molecule has 0 bridgehead atoms. The van der Waals surface area contributed by atoms with Crippen molar-refractivity contribution in [3.05, 3.63) is 53.1 Å². The van der Waals surface area contributed by atoms with Crippen molar-refractivity contribution in [1.82, 2.24) is 0 Å². The Hall–Kier alpha value is -2.59. The average molecular weight is 334 g/mol. The molecular formula is C21H18O4. The predicted octanol–water partition coefficient (Wildman–Crippen LogP) is 3.50. The summed E-state index contributed by atoms with van der Waals surface area (Å²) < 4.78 is 0. The molecule has 0 spiro atoms. The van der Waals surface area contributed by atoms with Gasteiger partial charge in [0.05, 0.1) is 0 Å². The number of hydrogen-bond acceptors (Lipinski definition) is 4. The molecule has 2 aliphatic carbocycles. The molecule has 126 valence electrons. The van der Waals surface area contributed by atoms with E-state index < -0.39 is 17.2 Å². The maximum atomic E-state index is 12.9. The lowest BCUT2D eigenvalue weighted by Crippen LogP contribution is -2.40. The normalized spacial score (nSPS) is 19.1. The van der Waals surface area contributed by atoms with Crippen molar-refractivity contribution in [2.24, 2.45) is 0 Å². The zero-order valence-corrected chi connectivity index (χ0v) is 13.7. The number of Topliss-reactive ketones (excluding diaryl/α,β-unsaturated/α-hetero) is 2. The van der Waals surface area contributed by atoms with Crippen LogP contribution < -0.4 is 0 Å². The van der Waals surface area contributed by atoms with E-state index in [9.17, 15) is 19.5 Å². The summed E-state index contributed by atoms with van der Waals surface area (Å²) in [7, 11) is 0. The summed E-state index contributed by atoms with van der Waals surface area (Å²) in [6.45, 7) is 0. The van der Waals surface area contributed by atoms with E-state index in [1.165, 1.54) is 6.08 Å². The van der Waals surface area contributed by atoms with Crippen LogP contribution in [0.3, 0.4) is 0 Å². The van der Waals surface area contributed by atoms with Crippen LogP contribution in [0.15, 0.2) is 36.4 Å². The molecule has 0 radical (unpaired) electrons. The molecule has 25 heavy (non-hydrogen) atoms. The second kappa shape index (κ2) is 5.74. The van der Waals surface area contributed by atoms with Crippen LogP contribution in [0.1, 0.15) is 58.4 Å². The second-order valence-electron chi connectivity index (χ2n) is 6.91. The lowest BCUT2D eigenvalue weighted by atomic mass is 9.79. The Kier molecular flexibility index (Phi) is 3.65. The number of rotatable bonds is 2. The van der Waals surface area contributed by atoms with E-state index >= 15 is 0 Å². The van der Waals surface area contributed by atoms with Gasteiger partial charge in [0.1, 0.15) is 5.60 Å². The maximum Gasteiger partial charge on any atom is 0.234 e. The van der Waals surface area contributed by atoms with Crippen molar-refractivity contribution in [1.29, 1.82) is 0 Å². The van der Waals surface area contributed by atoms with Crippen LogP contribution in [0.5, 0.6) is 0 Å². The summed E-state index contributed by atoms with van der Waals surface area (Å²) in [6.07, 6.45) is 6.54. The van der Waals surface area contributed by atoms with Gasteiger partial charge in [-0.2, -0.15) is 0 Å². The van der Waals surface area contributed by atoms with Gasteiger partial charge >= 0.3 is 0 Å². The quantitative estimate of drug-likeness (QED) is 0.674. The molecule has 4 heteroatoms. The molecule has 0 atom stereocenters. The molecule has 2 aromatic carbocycles. The highest BCUT2D eigenvalue weighted by Crippen LogP contribution is 2.33. The molecule has 2 aromatic rings. The number of allylic oxidation sites excluding steroid dienone is 1. The zero-order chi connectivity index (χ0) is 17.6. The van der Waals surface area contributed by atoms with Crippen LogP contribution in [0.4, 0.5) is 0 Å². The standard InChI is InChI=1S/C21H18O4/c22-17-9-8-14-6-4-13-5-7-15(12-16(13)18(14)19(17)23)20(24)21(25)10-2-1-3-11-21/h4-9,12,25H,1-3,10-11H2. The van der Waals surface area contributed by atoms with Crippen LogP contribution in [0.2, 0.25) is 0 Å². The van der Waals surface area contributed by atoms with E-state index in [4.69, 9.17) is 0 Å². The monoisotopic (exact) mass is 334 g/mol. The summed E-state index contributed by atoms with van der Waals surface area (Å²) in [5.41, 5.74) is 0.0917. The minimum atomic E-state index is -1.32. The number of carbonyl (C=O) groups is 3. The molecule has 0 aliphatic heterocycles. The summed E-state index contributed by atoms with van der Waals surface area (Å²) in [5, 5.41) is 12.1. The van der Waals surface area contributed by atoms with Crippen molar-refractivity contribution in [2.45, 2.75) is 37.7 Å². The van der Waals surface area contributed by atoms with E-state index in [1.807, 2.05) is 6.07 Å². The van der Waals surface area contributed by atoms with Crippen LogP contribution in [-0.2, 0) is 4.79 Å². The Morgan fingerprint density at radius 2 is 1.68 bits per heavy atom. The molecule has 4 rings (SSSR count). The Labute approximate surface area is 145 Å². The predicted molar refractivity (Wildman–Crippen MR) is 94.7 cm³/mol. The number of hydrogen-bond donors (Lipinski definition) is 1. The molecule has 2 aliphatic rings. The van der Waals surface area contributed by atoms with Crippen LogP contribution >= 0.6 is 0 Å². The Morgan fingerprint density at radius 3 is 2.44 bits per heavy atom. The van der Waals surface area contributed by atoms with Gasteiger partial charge in [0.25, 0.3) is 0 Å². The van der Waals surface area contributed by atoms with Crippen molar-refractivity contribution in [3.8, 4) is 0 Å². The zero-order valence-electron chi connectivity index (χ0n) is 13.7. The smallest absolute Gasteiger partial charge is 0.234 e. The largest absolute Gasteiger partial charge is 0.382 e. The van der Waals surface area contributed by atoms with Gasteiger partial charge in [-0.3, -0.25) is 14.4 Å². The highest BCUT2D eigenvalue weighted by atomic mass is 16.3. The molecule has 0 heterocycles. The van der Waals surface area contributed by atoms with Gasteiger partial charge < -0.3 is 5.11 Å². The summed E-state index contributed by atoms with van der Waals surface area (Å²) in [6, 6.07) is 8.77. The second-order valence-corrected chi connectivity index (χ2v) is 6.91. The highest BCUT2D eigenvalue weighted by molar-refractivity contribution is 6.51. The first-order valence-corrected chi connectivity index (χ1v) is 8.60. The molecule has 4 nitrogen and oxygen atoms in total. The summed E-state index contributed by atoms with van der Waals surface area (Å²) in [5.74, 6) is -1.40. The molecule has 0 amide bonds. The van der Waals surface area contributed by atoms with Gasteiger partial charge in [0, 0.05) is 11.1 Å². The fourth-order valence-corrected chi connectivity index (χ4v) is 3.87. The minimum Gasteiger partial charge on any atom is -0.382 e. The third-order valence-electron chi connectivity index (χ3n) is 5.28. The SMILES string of the molecule is O=C1C=Cc2ccc3ccc(C(=O)C4(O)CCCCC4)cc3c2C1=O. The summed E-state index contributed by atoms with van der Waals surface area (Å²) in [4.78, 5) is 37.0. The lowest BCUT2D eigenvalue weighted by molar-refractivity contribution is -0.110. The first kappa shape index (κ1) is 15.9. The van der Waals surface area contributed by atoms with E-state index in [0.717, 1.165) is 24.6 Å². The van der Waals surface area contributed by atoms with Gasteiger partial charge in [-0.15, -0.1) is 0 Å². The van der Waals surface area contributed by atoms with Gasteiger partial charge in [0.15, 0.2) is 5.78 Å². The molecule has 0 saturated heterocycles. The topological polar surface area (TPSA) is 71.4 Å². The first-order chi connectivity index (χ1) is 12.0. The summed E-state index contributed by atoms with van der Waals surface area (Å²) >= 11 is 0. The third kappa shape index (κ3) is 2.53. The molecule has 0 aromatic heterocycles. The molecular weight excluding hydrogens is 316 g/mol. The number of carbonyl (C=O) groups excluding carboxylic acids is 3. The van der Waals surface area contributed by atoms with Crippen molar-refractivity contribution < 1.29 is 19.5 Å². The number of fused-ring (bicyclic) bond motifs is 3. The van der Waals surface area contributed by atoms with Gasteiger partial charge in [0.2, 0.25) is 11.6 Å². The van der Waals surface area contributed by atoms with E-state index in [0.29, 0.717) is 34.9 Å². The van der Waals surface area contributed by atoms with Gasteiger partial charge in [-0.25, -0.2) is 0 Å².